The van der Waals surface area contributed by atoms with E-state index in [9.17, 15) is 8.78 Å². The van der Waals surface area contributed by atoms with Crippen LogP contribution in [0.3, 0.4) is 0 Å². The first-order valence-corrected chi connectivity index (χ1v) is 8.66. The molecule has 0 bridgehead atoms. The summed E-state index contributed by atoms with van der Waals surface area (Å²) in [6, 6.07) is 3.64. The van der Waals surface area contributed by atoms with Crippen LogP contribution in [0.4, 0.5) is 19.6 Å². The standard InChI is InChI=1S/C17H21F2N3S/c1-4-22-7-5-6-11-8-12(13(16(18)19)9-14(11)22)15-10-20-17(23-15)21(2)3/h8-10,16H,4-7H2,1-3H3. The molecule has 1 aliphatic rings. The maximum Gasteiger partial charge on any atom is 0.264 e. The number of thiazole rings is 1. The van der Waals surface area contributed by atoms with Crippen LogP contribution in [0.25, 0.3) is 10.4 Å². The highest BCUT2D eigenvalue weighted by molar-refractivity contribution is 7.18. The summed E-state index contributed by atoms with van der Waals surface area (Å²) in [6.45, 7) is 3.86. The van der Waals surface area contributed by atoms with E-state index >= 15 is 0 Å². The summed E-state index contributed by atoms with van der Waals surface area (Å²) >= 11 is 1.45. The van der Waals surface area contributed by atoms with Crippen LogP contribution in [0.2, 0.25) is 0 Å². The Morgan fingerprint density at radius 3 is 2.74 bits per heavy atom. The van der Waals surface area contributed by atoms with Gasteiger partial charge in [0.1, 0.15) is 0 Å². The van der Waals surface area contributed by atoms with Gasteiger partial charge in [-0.2, -0.15) is 0 Å². The first-order valence-electron chi connectivity index (χ1n) is 7.84. The number of anilines is 2. The van der Waals surface area contributed by atoms with Gasteiger partial charge in [0, 0.05) is 50.2 Å². The molecule has 0 radical (unpaired) electrons. The number of hydrogen-bond donors (Lipinski definition) is 0. The van der Waals surface area contributed by atoms with E-state index in [0.717, 1.165) is 47.2 Å². The van der Waals surface area contributed by atoms with Gasteiger partial charge in [-0.25, -0.2) is 13.8 Å². The van der Waals surface area contributed by atoms with E-state index in [4.69, 9.17) is 0 Å². The number of aryl methyl sites for hydroxylation is 1. The second kappa shape index (κ2) is 6.43. The molecule has 0 aliphatic carbocycles. The van der Waals surface area contributed by atoms with E-state index in [2.05, 4.69) is 16.8 Å². The fourth-order valence-corrected chi connectivity index (χ4v) is 3.92. The van der Waals surface area contributed by atoms with Crippen LogP contribution in [0.15, 0.2) is 18.3 Å². The first kappa shape index (κ1) is 16.2. The number of halogens is 2. The van der Waals surface area contributed by atoms with Crippen LogP contribution in [0.5, 0.6) is 0 Å². The highest BCUT2D eigenvalue weighted by atomic mass is 32.1. The van der Waals surface area contributed by atoms with Gasteiger partial charge >= 0.3 is 0 Å². The molecule has 1 aromatic carbocycles. The molecule has 124 valence electrons. The lowest BCUT2D eigenvalue weighted by Gasteiger charge is -2.31. The second-order valence-electron chi connectivity index (χ2n) is 5.95. The Bertz CT molecular complexity index is 697. The predicted molar refractivity (Wildman–Crippen MR) is 93.0 cm³/mol. The second-order valence-corrected chi connectivity index (χ2v) is 6.96. The van der Waals surface area contributed by atoms with Gasteiger partial charge in [-0.05, 0) is 37.5 Å². The fraction of sp³-hybridized carbons (Fsp3) is 0.471. The minimum atomic E-state index is -2.49. The van der Waals surface area contributed by atoms with Crippen molar-refractivity contribution < 1.29 is 8.78 Å². The van der Waals surface area contributed by atoms with Crippen LogP contribution in [0, 0.1) is 0 Å². The molecule has 0 fully saturated rings. The third kappa shape index (κ3) is 3.04. The summed E-state index contributed by atoms with van der Waals surface area (Å²) in [5.74, 6) is 0. The zero-order chi connectivity index (χ0) is 16.6. The Morgan fingerprint density at radius 2 is 2.13 bits per heavy atom. The molecule has 23 heavy (non-hydrogen) atoms. The van der Waals surface area contributed by atoms with Crippen molar-refractivity contribution in [3.8, 4) is 10.4 Å². The van der Waals surface area contributed by atoms with Crippen LogP contribution < -0.4 is 9.80 Å². The number of hydrogen-bond acceptors (Lipinski definition) is 4. The lowest BCUT2D eigenvalue weighted by atomic mass is 9.95. The van der Waals surface area contributed by atoms with Crippen molar-refractivity contribution in [1.82, 2.24) is 4.98 Å². The molecule has 0 N–H and O–H groups in total. The summed E-state index contributed by atoms with van der Waals surface area (Å²) in [5.41, 5.74) is 2.87. The SMILES string of the molecule is CCN1CCCc2cc(-c3cnc(N(C)C)s3)c(C(F)F)cc21. The van der Waals surface area contributed by atoms with Crippen molar-refractivity contribution in [2.24, 2.45) is 0 Å². The zero-order valence-corrected chi connectivity index (χ0v) is 14.5. The van der Waals surface area contributed by atoms with Crippen molar-refractivity contribution in [2.75, 3.05) is 37.0 Å². The van der Waals surface area contributed by atoms with E-state index in [0.29, 0.717) is 5.56 Å². The largest absolute Gasteiger partial charge is 0.372 e. The summed E-state index contributed by atoms with van der Waals surface area (Å²) in [7, 11) is 3.81. The Morgan fingerprint density at radius 1 is 1.35 bits per heavy atom. The minimum Gasteiger partial charge on any atom is -0.372 e. The monoisotopic (exact) mass is 337 g/mol. The van der Waals surface area contributed by atoms with Gasteiger partial charge in [0.2, 0.25) is 0 Å². The molecule has 0 atom stereocenters. The highest BCUT2D eigenvalue weighted by Gasteiger charge is 2.23. The van der Waals surface area contributed by atoms with Gasteiger partial charge in [-0.1, -0.05) is 11.3 Å². The van der Waals surface area contributed by atoms with Crippen LogP contribution in [-0.4, -0.2) is 32.2 Å². The van der Waals surface area contributed by atoms with Gasteiger partial charge in [-0.15, -0.1) is 0 Å². The lowest BCUT2D eigenvalue weighted by Crippen LogP contribution is -2.29. The third-order valence-electron chi connectivity index (χ3n) is 4.22. The Kier molecular flexibility index (Phi) is 4.53. The van der Waals surface area contributed by atoms with Gasteiger partial charge in [0.05, 0.1) is 4.88 Å². The molecule has 0 saturated carbocycles. The first-order chi connectivity index (χ1) is 11.0. The molecule has 0 saturated heterocycles. The molecular weight excluding hydrogens is 316 g/mol. The molecular formula is C17H21F2N3S. The topological polar surface area (TPSA) is 19.4 Å². The molecule has 6 heteroatoms. The number of fused-ring (bicyclic) bond motifs is 1. The van der Waals surface area contributed by atoms with E-state index in [1.165, 1.54) is 11.3 Å². The summed E-state index contributed by atoms with van der Waals surface area (Å²) in [4.78, 5) is 9.21. The van der Waals surface area contributed by atoms with E-state index in [1.54, 1.807) is 12.3 Å². The quantitative estimate of drug-likeness (QED) is 0.814. The number of nitrogens with zero attached hydrogens (tertiary/aromatic N) is 3. The molecule has 2 heterocycles. The molecule has 3 nitrogen and oxygen atoms in total. The van der Waals surface area contributed by atoms with Crippen LogP contribution in [-0.2, 0) is 6.42 Å². The van der Waals surface area contributed by atoms with Crippen molar-refractivity contribution >= 4 is 22.2 Å². The fourth-order valence-electron chi connectivity index (χ4n) is 3.04. The average Bonchev–Trinajstić information content (AvgIpc) is 3.03. The van der Waals surface area contributed by atoms with Crippen LogP contribution >= 0.6 is 11.3 Å². The van der Waals surface area contributed by atoms with E-state index in [1.807, 2.05) is 25.1 Å². The predicted octanol–water partition coefficient (Wildman–Crippen LogP) is 4.59. The van der Waals surface area contributed by atoms with Gasteiger partial charge < -0.3 is 9.80 Å². The average molecular weight is 337 g/mol. The van der Waals surface area contributed by atoms with E-state index < -0.39 is 6.43 Å². The maximum absolute atomic E-state index is 13.6. The molecule has 0 spiro atoms. The minimum absolute atomic E-state index is 0.109. The molecule has 1 aromatic heterocycles. The van der Waals surface area contributed by atoms with Gasteiger partial charge in [-0.3, -0.25) is 0 Å². The molecule has 1 aliphatic heterocycles. The Balaban J connectivity index is 2.12. The van der Waals surface area contributed by atoms with E-state index in [-0.39, 0.29) is 5.56 Å². The maximum atomic E-state index is 13.6. The molecule has 0 amide bonds. The number of alkyl halides is 2. The molecule has 2 aromatic rings. The summed E-state index contributed by atoms with van der Waals surface area (Å²) in [5, 5.41) is 0.827. The highest BCUT2D eigenvalue weighted by Crippen LogP contribution is 2.41. The number of aromatic nitrogens is 1. The summed E-state index contributed by atoms with van der Waals surface area (Å²) < 4.78 is 27.3. The van der Waals surface area contributed by atoms with Crippen molar-refractivity contribution in [1.29, 1.82) is 0 Å². The van der Waals surface area contributed by atoms with Gasteiger partial charge in [0.25, 0.3) is 6.43 Å². The lowest BCUT2D eigenvalue weighted by molar-refractivity contribution is 0.152. The Hall–Kier alpha value is -1.69. The van der Waals surface area contributed by atoms with Crippen LogP contribution in [0.1, 0.15) is 30.9 Å². The smallest absolute Gasteiger partial charge is 0.264 e. The third-order valence-corrected chi connectivity index (χ3v) is 5.42. The zero-order valence-electron chi connectivity index (χ0n) is 13.6. The normalized spacial score (nSPS) is 14.3. The number of rotatable bonds is 4. The molecule has 3 rings (SSSR count). The Labute approximate surface area is 139 Å². The molecule has 0 unspecified atom stereocenters. The van der Waals surface area contributed by atoms with Crippen molar-refractivity contribution in [3.63, 3.8) is 0 Å². The van der Waals surface area contributed by atoms with Crippen molar-refractivity contribution in [2.45, 2.75) is 26.2 Å². The van der Waals surface area contributed by atoms with Gasteiger partial charge in [0.15, 0.2) is 5.13 Å². The van der Waals surface area contributed by atoms with Crippen molar-refractivity contribution in [3.05, 3.63) is 29.5 Å². The summed E-state index contributed by atoms with van der Waals surface area (Å²) in [6.07, 6.45) is 1.23. The number of benzene rings is 1.